The van der Waals surface area contributed by atoms with E-state index in [4.69, 9.17) is 10.5 Å². The van der Waals surface area contributed by atoms with Crippen LogP contribution in [0.4, 0.5) is 0 Å². The molecule has 0 atom stereocenters. The Kier molecular flexibility index (Phi) is 8.51. The van der Waals surface area contributed by atoms with E-state index in [-0.39, 0.29) is 11.7 Å². The van der Waals surface area contributed by atoms with Crippen LogP contribution in [0.3, 0.4) is 0 Å². The first-order valence-electron chi connectivity index (χ1n) is 9.92. The van der Waals surface area contributed by atoms with Gasteiger partial charge in [-0.3, -0.25) is 4.79 Å². The Labute approximate surface area is 168 Å². The van der Waals surface area contributed by atoms with Crippen LogP contribution in [0, 0.1) is 0 Å². The van der Waals surface area contributed by atoms with E-state index in [9.17, 15) is 13.2 Å². The molecule has 1 aromatic rings. The van der Waals surface area contributed by atoms with Gasteiger partial charge in [0.25, 0.3) is 0 Å². The second kappa shape index (κ2) is 10.6. The summed E-state index contributed by atoms with van der Waals surface area (Å²) < 4.78 is 30.5. The van der Waals surface area contributed by atoms with Gasteiger partial charge in [-0.25, -0.2) is 8.42 Å². The van der Waals surface area contributed by atoms with E-state index in [0.29, 0.717) is 42.7 Å². The van der Waals surface area contributed by atoms with Crippen molar-refractivity contribution in [2.45, 2.75) is 56.4 Å². The van der Waals surface area contributed by atoms with E-state index in [1.165, 1.54) is 0 Å². The number of rotatable bonds is 12. The first-order valence-corrected chi connectivity index (χ1v) is 11.6. The molecule has 7 heteroatoms. The number of sulfone groups is 1. The number of benzene rings is 1. The molecule has 0 heterocycles. The summed E-state index contributed by atoms with van der Waals surface area (Å²) in [5, 5.41) is 0. The van der Waals surface area contributed by atoms with Gasteiger partial charge in [-0.2, -0.15) is 0 Å². The van der Waals surface area contributed by atoms with Gasteiger partial charge in [0.05, 0.1) is 10.6 Å². The molecular formula is C21H32N2O4S. The number of ether oxygens (including phenoxy) is 1. The lowest BCUT2D eigenvalue weighted by atomic mass is 10.2. The fourth-order valence-electron chi connectivity index (χ4n) is 2.88. The largest absolute Gasteiger partial charge is 0.489 e. The third-order valence-corrected chi connectivity index (χ3v) is 6.89. The van der Waals surface area contributed by atoms with E-state index >= 15 is 0 Å². The second-order valence-corrected chi connectivity index (χ2v) is 9.39. The standard InChI is InChI=1S/C21H32N2O4S/c1-3-17(15-22)16-27-19-10-12-20(13-11-19)28(25,26)14-6-4-5-7-21(24)23(2)18-8-9-18/h3,10-13,18H,4-9,14-16,22H2,1-2H3/b17-3+. The molecule has 2 rings (SSSR count). The van der Waals surface area contributed by atoms with Crippen molar-refractivity contribution in [1.29, 1.82) is 0 Å². The zero-order valence-electron chi connectivity index (χ0n) is 16.9. The van der Waals surface area contributed by atoms with Crippen molar-refractivity contribution in [1.82, 2.24) is 4.90 Å². The van der Waals surface area contributed by atoms with Crippen LogP contribution in [0.25, 0.3) is 0 Å². The van der Waals surface area contributed by atoms with Crippen LogP contribution in [0.15, 0.2) is 40.8 Å². The van der Waals surface area contributed by atoms with Gasteiger partial charge in [0.2, 0.25) is 5.91 Å². The number of nitrogens with zero attached hydrogens (tertiary/aromatic N) is 1. The molecule has 0 saturated heterocycles. The predicted molar refractivity (Wildman–Crippen MR) is 111 cm³/mol. The number of carbonyl (C=O) groups is 1. The van der Waals surface area contributed by atoms with Gasteiger partial charge < -0.3 is 15.4 Å². The fraction of sp³-hybridized carbons (Fsp3) is 0.571. The SMILES string of the molecule is C/C=C(\CN)COc1ccc(S(=O)(=O)CCCCCC(=O)N(C)C2CC2)cc1. The van der Waals surface area contributed by atoms with Gasteiger partial charge in [0.15, 0.2) is 9.84 Å². The molecule has 28 heavy (non-hydrogen) atoms. The minimum absolute atomic E-state index is 0.0930. The maximum Gasteiger partial charge on any atom is 0.222 e. The van der Waals surface area contributed by atoms with Crippen LogP contribution in [-0.2, 0) is 14.6 Å². The molecule has 1 aliphatic rings. The molecule has 1 aliphatic carbocycles. The summed E-state index contributed by atoms with van der Waals surface area (Å²) in [4.78, 5) is 14.1. The topological polar surface area (TPSA) is 89.7 Å². The highest BCUT2D eigenvalue weighted by Gasteiger charge is 2.28. The lowest BCUT2D eigenvalue weighted by Crippen LogP contribution is -2.28. The summed E-state index contributed by atoms with van der Waals surface area (Å²) >= 11 is 0. The lowest BCUT2D eigenvalue weighted by Gasteiger charge is -2.15. The quantitative estimate of drug-likeness (QED) is 0.424. The van der Waals surface area contributed by atoms with Crippen molar-refractivity contribution in [3.63, 3.8) is 0 Å². The maximum atomic E-state index is 12.5. The average molecular weight is 409 g/mol. The van der Waals surface area contributed by atoms with Crippen molar-refractivity contribution in [3.05, 3.63) is 35.9 Å². The van der Waals surface area contributed by atoms with Crippen LogP contribution >= 0.6 is 0 Å². The second-order valence-electron chi connectivity index (χ2n) is 7.28. The van der Waals surface area contributed by atoms with E-state index in [2.05, 4.69) is 0 Å². The molecule has 0 radical (unpaired) electrons. The number of nitrogens with two attached hydrogens (primary N) is 1. The van der Waals surface area contributed by atoms with E-state index in [1.54, 1.807) is 24.3 Å². The first kappa shape index (κ1) is 22.4. The Balaban J connectivity index is 1.73. The molecule has 0 unspecified atom stereocenters. The predicted octanol–water partition coefficient (Wildman–Crippen LogP) is 2.93. The summed E-state index contributed by atoms with van der Waals surface area (Å²) in [7, 11) is -1.47. The highest BCUT2D eigenvalue weighted by atomic mass is 32.2. The van der Waals surface area contributed by atoms with Crippen LogP contribution in [0.2, 0.25) is 0 Å². The average Bonchev–Trinajstić information content (AvgIpc) is 3.53. The minimum atomic E-state index is -3.32. The number of carbonyl (C=O) groups excluding carboxylic acids is 1. The number of hydrogen-bond donors (Lipinski definition) is 1. The summed E-state index contributed by atoms with van der Waals surface area (Å²) in [6.45, 7) is 2.74. The molecule has 1 amide bonds. The lowest BCUT2D eigenvalue weighted by molar-refractivity contribution is -0.130. The molecule has 156 valence electrons. The van der Waals surface area contributed by atoms with Crippen LogP contribution < -0.4 is 10.5 Å². The zero-order valence-corrected chi connectivity index (χ0v) is 17.7. The normalized spacial score (nSPS) is 14.8. The summed E-state index contributed by atoms with van der Waals surface area (Å²) in [5.74, 6) is 0.872. The van der Waals surface area contributed by atoms with Gasteiger partial charge in [0.1, 0.15) is 12.4 Å². The number of amides is 1. The Bertz CT molecular complexity index is 768. The molecule has 1 saturated carbocycles. The smallest absolute Gasteiger partial charge is 0.222 e. The highest BCUT2D eigenvalue weighted by molar-refractivity contribution is 7.91. The van der Waals surface area contributed by atoms with Gasteiger partial charge in [-0.15, -0.1) is 0 Å². The molecule has 0 bridgehead atoms. The molecule has 1 aromatic carbocycles. The molecule has 0 spiro atoms. The number of hydrogen-bond acceptors (Lipinski definition) is 5. The van der Waals surface area contributed by atoms with Crippen LogP contribution in [-0.4, -0.2) is 51.2 Å². The Morgan fingerprint density at radius 2 is 1.89 bits per heavy atom. The van der Waals surface area contributed by atoms with Crippen LogP contribution in [0.1, 0.15) is 45.4 Å². The monoisotopic (exact) mass is 408 g/mol. The number of allylic oxidation sites excluding steroid dienone is 1. The molecule has 6 nitrogen and oxygen atoms in total. The van der Waals surface area contributed by atoms with Crippen molar-refractivity contribution >= 4 is 15.7 Å². The van der Waals surface area contributed by atoms with Crippen molar-refractivity contribution in [3.8, 4) is 5.75 Å². The van der Waals surface area contributed by atoms with Gasteiger partial charge in [0, 0.05) is 26.1 Å². The highest BCUT2D eigenvalue weighted by Crippen LogP contribution is 2.26. The molecule has 0 aromatic heterocycles. The Hall–Kier alpha value is -1.86. The third-order valence-electron chi connectivity index (χ3n) is 5.07. The Morgan fingerprint density at radius 1 is 1.21 bits per heavy atom. The van der Waals surface area contributed by atoms with Crippen molar-refractivity contribution < 1.29 is 17.9 Å². The maximum absolute atomic E-state index is 12.5. The van der Waals surface area contributed by atoms with E-state index in [0.717, 1.165) is 31.3 Å². The molecule has 2 N–H and O–H groups in total. The van der Waals surface area contributed by atoms with Gasteiger partial charge >= 0.3 is 0 Å². The molecule has 0 aliphatic heterocycles. The number of unbranched alkanes of at least 4 members (excludes halogenated alkanes) is 2. The molecule has 1 fully saturated rings. The van der Waals surface area contributed by atoms with Gasteiger partial charge in [-0.1, -0.05) is 12.5 Å². The summed E-state index contributed by atoms with van der Waals surface area (Å²) in [6.07, 6.45) is 6.64. The third kappa shape index (κ3) is 6.95. The summed E-state index contributed by atoms with van der Waals surface area (Å²) in [6, 6.07) is 6.93. The summed E-state index contributed by atoms with van der Waals surface area (Å²) in [5.41, 5.74) is 6.58. The van der Waals surface area contributed by atoms with Crippen molar-refractivity contribution in [2.75, 3.05) is 26.0 Å². The van der Waals surface area contributed by atoms with E-state index in [1.807, 2.05) is 24.9 Å². The first-order chi connectivity index (χ1) is 13.4. The zero-order chi connectivity index (χ0) is 20.6. The van der Waals surface area contributed by atoms with Crippen molar-refractivity contribution in [2.24, 2.45) is 5.73 Å². The van der Waals surface area contributed by atoms with Crippen LogP contribution in [0.5, 0.6) is 5.75 Å². The fourth-order valence-corrected chi connectivity index (χ4v) is 4.25. The minimum Gasteiger partial charge on any atom is -0.489 e. The van der Waals surface area contributed by atoms with E-state index < -0.39 is 9.84 Å². The Morgan fingerprint density at radius 3 is 2.46 bits per heavy atom. The van der Waals surface area contributed by atoms with Gasteiger partial charge in [-0.05, 0) is 62.4 Å². The molecular weight excluding hydrogens is 376 g/mol.